The Morgan fingerprint density at radius 1 is 1.39 bits per heavy atom. The molecular formula is C12H16F2N2O2. The number of halogens is 2. The zero-order chi connectivity index (χ0) is 13.6. The van der Waals surface area contributed by atoms with Gasteiger partial charge >= 0.3 is 0 Å². The highest BCUT2D eigenvalue weighted by molar-refractivity contribution is 5.81. The van der Waals surface area contributed by atoms with Gasteiger partial charge in [-0.1, -0.05) is 30.3 Å². The van der Waals surface area contributed by atoms with Gasteiger partial charge in [-0.3, -0.25) is 4.79 Å². The predicted octanol–water partition coefficient (Wildman–Crippen LogP) is 0.300. The van der Waals surface area contributed by atoms with Crippen LogP contribution in [0.5, 0.6) is 0 Å². The normalized spacial score (nSPS) is 13.1. The van der Waals surface area contributed by atoms with E-state index in [-0.39, 0.29) is 6.42 Å². The Kier molecular flexibility index (Phi) is 5.18. The maximum Gasteiger partial charge on any atom is 0.287 e. The van der Waals surface area contributed by atoms with E-state index < -0.39 is 31.0 Å². The number of hydrogen-bond donors (Lipinski definition) is 3. The lowest BCUT2D eigenvalue weighted by Gasteiger charge is -2.16. The summed E-state index contributed by atoms with van der Waals surface area (Å²) in [5.41, 5.74) is 6.46. The first-order valence-corrected chi connectivity index (χ1v) is 5.50. The third kappa shape index (κ3) is 4.77. The van der Waals surface area contributed by atoms with Crippen LogP contribution in [0.1, 0.15) is 5.56 Å². The molecule has 1 aromatic carbocycles. The van der Waals surface area contributed by atoms with E-state index in [1.165, 1.54) is 0 Å². The SMILES string of the molecule is N[C@@H](Cc1ccccc1)C(=O)NCC(F)(F)CO. The van der Waals surface area contributed by atoms with Crippen LogP contribution in [-0.2, 0) is 11.2 Å². The molecule has 0 aliphatic carbocycles. The van der Waals surface area contributed by atoms with Crippen molar-refractivity contribution in [1.29, 1.82) is 0 Å². The van der Waals surface area contributed by atoms with Crippen molar-refractivity contribution in [2.75, 3.05) is 13.2 Å². The second-order valence-electron chi connectivity index (χ2n) is 4.03. The van der Waals surface area contributed by atoms with Crippen LogP contribution in [0, 0.1) is 0 Å². The first kappa shape index (κ1) is 14.5. The van der Waals surface area contributed by atoms with E-state index in [0.29, 0.717) is 0 Å². The largest absolute Gasteiger partial charge is 0.390 e. The summed E-state index contributed by atoms with van der Waals surface area (Å²) in [7, 11) is 0. The summed E-state index contributed by atoms with van der Waals surface area (Å²) in [4.78, 5) is 11.5. The summed E-state index contributed by atoms with van der Waals surface area (Å²) in [5, 5.41) is 10.4. The van der Waals surface area contributed by atoms with Gasteiger partial charge in [0.05, 0.1) is 12.6 Å². The number of alkyl halides is 2. The summed E-state index contributed by atoms with van der Waals surface area (Å²) < 4.78 is 25.4. The van der Waals surface area contributed by atoms with Crippen LogP contribution < -0.4 is 11.1 Å². The number of nitrogens with one attached hydrogen (secondary N) is 1. The van der Waals surface area contributed by atoms with E-state index in [1.54, 1.807) is 24.3 Å². The van der Waals surface area contributed by atoms with Crippen LogP contribution in [0.4, 0.5) is 8.78 Å². The number of hydrogen-bond acceptors (Lipinski definition) is 3. The maximum absolute atomic E-state index is 12.7. The van der Waals surface area contributed by atoms with E-state index in [0.717, 1.165) is 5.56 Å². The molecule has 4 nitrogen and oxygen atoms in total. The standard InChI is InChI=1S/C12H16F2N2O2/c13-12(14,8-17)7-16-11(18)10(15)6-9-4-2-1-3-5-9/h1-5,10,17H,6-8,15H2,(H,16,18)/t10-/m0/s1. The molecule has 100 valence electrons. The fourth-order valence-corrected chi connectivity index (χ4v) is 1.36. The van der Waals surface area contributed by atoms with Crippen LogP contribution in [-0.4, -0.2) is 36.1 Å². The van der Waals surface area contributed by atoms with Crippen molar-refractivity contribution < 1.29 is 18.7 Å². The van der Waals surface area contributed by atoms with Crippen molar-refractivity contribution in [2.45, 2.75) is 18.4 Å². The molecule has 0 aliphatic heterocycles. The second-order valence-corrected chi connectivity index (χ2v) is 4.03. The first-order chi connectivity index (χ1) is 8.44. The van der Waals surface area contributed by atoms with Gasteiger partial charge in [0, 0.05) is 0 Å². The Hall–Kier alpha value is -1.53. The number of nitrogens with two attached hydrogens (primary N) is 1. The minimum atomic E-state index is -3.32. The average Bonchev–Trinajstić information content (AvgIpc) is 2.37. The quantitative estimate of drug-likeness (QED) is 0.687. The molecule has 1 atom stereocenters. The molecule has 0 fully saturated rings. The molecule has 0 radical (unpaired) electrons. The molecule has 0 saturated heterocycles. The second kappa shape index (κ2) is 6.42. The predicted molar refractivity (Wildman–Crippen MR) is 63.2 cm³/mol. The molecule has 1 amide bonds. The van der Waals surface area contributed by atoms with Crippen molar-refractivity contribution in [1.82, 2.24) is 5.32 Å². The van der Waals surface area contributed by atoms with E-state index in [1.807, 2.05) is 11.4 Å². The summed E-state index contributed by atoms with van der Waals surface area (Å²) in [6.45, 7) is -2.22. The number of aliphatic hydroxyl groups is 1. The molecule has 6 heteroatoms. The van der Waals surface area contributed by atoms with Crippen molar-refractivity contribution in [2.24, 2.45) is 5.73 Å². The van der Waals surface area contributed by atoms with Gasteiger partial charge in [-0.05, 0) is 12.0 Å². The Morgan fingerprint density at radius 2 is 2.00 bits per heavy atom. The number of carbonyl (C=O) groups excluding carboxylic acids is 1. The van der Waals surface area contributed by atoms with Gasteiger partial charge in [0.2, 0.25) is 5.91 Å². The highest BCUT2D eigenvalue weighted by Crippen LogP contribution is 2.10. The monoisotopic (exact) mass is 258 g/mol. The van der Waals surface area contributed by atoms with Crippen LogP contribution in [0.2, 0.25) is 0 Å². The molecule has 0 aliphatic rings. The average molecular weight is 258 g/mol. The van der Waals surface area contributed by atoms with E-state index in [4.69, 9.17) is 10.8 Å². The number of carbonyl (C=O) groups is 1. The minimum Gasteiger partial charge on any atom is -0.390 e. The molecule has 0 saturated carbocycles. The topological polar surface area (TPSA) is 75.4 Å². The van der Waals surface area contributed by atoms with Gasteiger partial charge in [-0.25, -0.2) is 8.78 Å². The number of rotatable bonds is 6. The number of aliphatic hydroxyl groups excluding tert-OH is 1. The van der Waals surface area contributed by atoms with Crippen LogP contribution >= 0.6 is 0 Å². The first-order valence-electron chi connectivity index (χ1n) is 5.50. The van der Waals surface area contributed by atoms with Crippen LogP contribution in [0.3, 0.4) is 0 Å². The van der Waals surface area contributed by atoms with Gasteiger partial charge < -0.3 is 16.2 Å². The third-order valence-corrected chi connectivity index (χ3v) is 2.39. The Morgan fingerprint density at radius 3 is 2.56 bits per heavy atom. The summed E-state index contributed by atoms with van der Waals surface area (Å²) in [5.74, 6) is -3.98. The van der Waals surface area contributed by atoms with E-state index in [9.17, 15) is 13.6 Å². The Bertz CT molecular complexity index is 385. The summed E-state index contributed by atoms with van der Waals surface area (Å²) in [6, 6.07) is 8.16. The van der Waals surface area contributed by atoms with Gasteiger partial charge in [-0.2, -0.15) is 0 Å². The molecule has 0 heterocycles. The number of benzene rings is 1. The zero-order valence-electron chi connectivity index (χ0n) is 9.77. The summed E-state index contributed by atoms with van der Waals surface area (Å²) >= 11 is 0. The fourth-order valence-electron chi connectivity index (χ4n) is 1.36. The summed E-state index contributed by atoms with van der Waals surface area (Å²) in [6.07, 6.45) is 0.275. The third-order valence-electron chi connectivity index (χ3n) is 2.39. The number of amides is 1. The van der Waals surface area contributed by atoms with E-state index >= 15 is 0 Å². The Balaban J connectivity index is 2.43. The van der Waals surface area contributed by atoms with Gasteiger partial charge in [0.25, 0.3) is 5.92 Å². The minimum absolute atomic E-state index is 0.275. The van der Waals surface area contributed by atoms with Crippen LogP contribution in [0.25, 0.3) is 0 Å². The molecule has 1 aromatic rings. The van der Waals surface area contributed by atoms with Gasteiger partial charge in [0.1, 0.15) is 6.61 Å². The maximum atomic E-state index is 12.7. The molecular weight excluding hydrogens is 242 g/mol. The van der Waals surface area contributed by atoms with Gasteiger partial charge in [0.15, 0.2) is 0 Å². The Labute approximate surface area is 104 Å². The highest BCUT2D eigenvalue weighted by atomic mass is 19.3. The zero-order valence-corrected chi connectivity index (χ0v) is 9.77. The molecule has 0 bridgehead atoms. The molecule has 0 unspecified atom stereocenters. The smallest absolute Gasteiger partial charge is 0.287 e. The molecule has 18 heavy (non-hydrogen) atoms. The van der Waals surface area contributed by atoms with Crippen molar-refractivity contribution in [3.8, 4) is 0 Å². The highest BCUT2D eigenvalue weighted by Gasteiger charge is 2.29. The van der Waals surface area contributed by atoms with Gasteiger partial charge in [-0.15, -0.1) is 0 Å². The van der Waals surface area contributed by atoms with Crippen molar-refractivity contribution in [3.63, 3.8) is 0 Å². The fraction of sp³-hybridized carbons (Fsp3) is 0.417. The lowest BCUT2D eigenvalue weighted by Crippen LogP contribution is -2.47. The molecule has 4 N–H and O–H groups in total. The van der Waals surface area contributed by atoms with E-state index in [2.05, 4.69) is 0 Å². The molecule has 0 aromatic heterocycles. The molecule has 0 spiro atoms. The van der Waals surface area contributed by atoms with Crippen molar-refractivity contribution >= 4 is 5.91 Å². The lowest BCUT2D eigenvalue weighted by atomic mass is 10.1. The lowest BCUT2D eigenvalue weighted by molar-refractivity contribution is -0.125. The van der Waals surface area contributed by atoms with Crippen molar-refractivity contribution in [3.05, 3.63) is 35.9 Å². The van der Waals surface area contributed by atoms with Crippen LogP contribution in [0.15, 0.2) is 30.3 Å². The molecule has 1 rings (SSSR count).